The van der Waals surface area contributed by atoms with Crippen LogP contribution >= 0.6 is 7.82 Å². The highest BCUT2D eigenvalue weighted by Crippen LogP contribution is 2.35. The van der Waals surface area contributed by atoms with Gasteiger partial charge in [-0.1, -0.05) is 13.2 Å². The van der Waals surface area contributed by atoms with Crippen LogP contribution in [0.15, 0.2) is 37.2 Å². The minimum absolute atomic E-state index is 0.0609. The first kappa shape index (κ1) is 23.2. The van der Waals surface area contributed by atoms with Gasteiger partial charge in [0.15, 0.2) is 5.78 Å². The third-order valence-corrected chi connectivity index (χ3v) is 2.58. The molecular formula is C13H20NO8P. The Labute approximate surface area is 133 Å². The molecule has 0 aromatic carbocycles. The molecule has 130 valence electrons. The standard InChI is InChI=1S/C8H11NO3.C5H9O5P/c1-4-9(7(3)10)5-6(2)8(11)12;1-2-5(6)3-4-10-11(7,8)9/h4-5H,1H2,2-3H3,(H,11,12);2H,1,3-4H2,(H2,7,8,9). The molecule has 0 atom stereocenters. The molecule has 3 N–H and O–H groups in total. The number of hydrogen-bond acceptors (Lipinski definition) is 5. The smallest absolute Gasteiger partial charge is 0.469 e. The number of carboxylic acid groups (broad SMARTS) is 1. The van der Waals surface area contributed by atoms with Crippen LogP contribution in [0.1, 0.15) is 20.3 Å². The molecule has 0 saturated carbocycles. The normalized spacial score (nSPS) is 10.9. The molecule has 0 bridgehead atoms. The number of amides is 1. The molecule has 0 aliphatic rings. The highest BCUT2D eigenvalue weighted by Gasteiger charge is 2.13. The molecule has 23 heavy (non-hydrogen) atoms. The maximum absolute atomic E-state index is 10.8. The fraction of sp³-hybridized carbons (Fsp3) is 0.308. The molecule has 0 heterocycles. The number of aliphatic carboxylic acids is 1. The fourth-order valence-electron chi connectivity index (χ4n) is 0.903. The number of nitrogens with zero attached hydrogens (tertiary/aromatic N) is 1. The second kappa shape index (κ2) is 11.5. The second-order valence-electron chi connectivity index (χ2n) is 3.97. The van der Waals surface area contributed by atoms with Crippen LogP contribution in [0.25, 0.3) is 0 Å². The number of carbonyl (C=O) groups is 3. The monoisotopic (exact) mass is 349 g/mol. The Balaban J connectivity index is 0. The van der Waals surface area contributed by atoms with Crippen molar-refractivity contribution < 1.29 is 38.4 Å². The van der Waals surface area contributed by atoms with Gasteiger partial charge in [-0.05, 0) is 13.0 Å². The van der Waals surface area contributed by atoms with Crippen molar-refractivity contribution in [3.63, 3.8) is 0 Å². The van der Waals surface area contributed by atoms with Gasteiger partial charge >= 0.3 is 13.8 Å². The summed E-state index contributed by atoms with van der Waals surface area (Å²) in [4.78, 5) is 49.0. The highest BCUT2D eigenvalue weighted by atomic mass is 31.2. The zero-order valence-corrected chi connectivity index (χ0v) is 13.7. The van der Waals surface area contributed by atoms with E-state index in [0.29, 0.717) is 0 Å². The molecule has 9 nitrogen and oxygen atoms in total. The van der Waals surface area contributed by atoms with Gasteiger partial charge in [0.1, 0.15) is 0 Å². The van der Waals surface area contributed by atoms with E-state index < -0.39 is 13.8 Å². The number of hydrogen-bond donors (Lipinski definition) is 3. The van der Waals surface area contributed by atoms with E-state index in [0.717, 1.165) is 11.0 Å². The molecule has 0 rings (SSSR count). The molecule has 0 aliphatic heterocycles. The van der Waals surface area contributed by atoms with E-state index in [2.05, 4.69) is 17.7 Å². The van der Waals surface area contributed by atoms with Gasteiger partial charge in [0.25, 0.3) is 0 Å². The van der Waals surface area contributed by atoms with E-state index in [1.807, 2.05) is 0 Å². The van der Waals surface area contributed by atoms with Gasteiger partial charge in [0.2, 0.25) is 5.91 Å². The molecule has 0 saturated heterocycles. The van der Waals surface area contributed by atoms with E-state index in [-0.39, 0.29) is 30.3 Å². The predicted octanol–water partition coefficient (Wildman–Crippen LogP) is 1.21. The van der Waals surface area contributed by atoms with E-state index >= 15 is 0 Å². The van der Waals surface area contributed by atoms with Crippen molar-refractivity contribution in [2.75, 3.05) is 6.61 Å². The Hall–Kier alpha value is -2.06. The van der Waals surface area contributed by atoms with Gasteiger partial charge in [-0.3, -0.25) is 19.0 Å². The van der Waals surface area contributed by atoms with Crippen LogP contribution in [-0.4, -0.2) is 44.1 Å². The summed E-state index contributed by atoms with van der Waals surface area (Å²) in [6, 6.07) is 0. The number of phosphoric ester groups is 1. The predicted molar refractivity (Wildman–Crippen MR) is 81.9 cm³/mol. The molecular weight excluding hydrogens is 329 g/mol. The third-order valence-electron chi connectivity index (χ3n) is 2.07. The van der Waals surface area contributed by atoms with Crippen molar-refractivity contribution in [2.24, 2.45) is 0 Å². The number of phosphoric acid groups is 1. The van der Waals surface area contributed by atoms with Gasteiger partial charge in [-0.2, -0.15) is 0 Å². The molecule has 0 fully saturated rings. The first-order chi connectivity index (χ1) is 10.4. The van der Waals surface area contributed by atoms with Crippen molar-refractivity contribution in [1.82, 2.24) is 4.90 Å². The summed E-state index contributed by atoms with van der Waals surface area (Å²) in [7, 11) is -4.42. The van der Waals surface area contributed by atoms with Crippen LogP contribution in [0.3, 0.4) is 0 Å². The average Bonchev–Trinajstić information content (AvgIpc) is 2.42. The Morgan fingerprint density at radius 1 is 1.22 bits per heavy atom. The van der Waals surface area contributed by atoms with Crippen LogP contribution in [0.2, 0.25) is 0 Å². The lowest BCUT2D eigenvalue weighted by molar-refractivity contribution is -0.132. The lowest BCUT2D eigenvalue weighted by Gasteiger charge is -2.09. The average molecular weight is 349 g/mol. The largest absolute Gasteiger partial charge is 0.478 e. The minimum Gasteiger partial charge on any atom is -0.478 e. The summed E-state index contributed by atoms with van der Waals surface area (Å²) in [5, 5.41) is 8.47. The minimum atomic E-state index is -4.42. The summed E-state index contributed by atoms with van der Waals surface area (Å²) in [6.07, 6.45) is 3.49. The van der Waals surface area contributed by atoms with Crippen molar-refractivity contribution in [1.29, 1.82) is 0 Å². The highest BCUT2D eigenvalue weighted by molar-refractivity contribution is 7.46. The summed E-state index contributed by atoms with van der Waals surface area (Å²) in [6.45, 7) is 8.99. The third kappa shape index (κ3) is 14.6. The van der Waals surface area contributed by atoms with Crippen molar-refractivity contribution in [2.45, 2.75) is 20.3 Å². The summed E-state index contributed by atoms with van der Waals surface area (Å²) in [5.41, 5.74) is 0.0881. The number of carboxylic acids is 1. The number of carbonyl (C=O) groups excluding carboxylic acids is 2. The molecule has 0 aromatic rings. The van der Waals surface area contributed by atoms with Crippen LogP contribution < -0.4 is 0 Å². The molecule has 0 unspecified atom stereocenters. The van der Waals surface area contributed by atoms with E-state index in [1.165, 1.54) is 26.2 Å². The SMILES string of the molecule is C=CC(=O)CCOP(=O)(O)O.C=CN(C=C(C)C(=O)O)C(C)=O. The first-order valence-electron chi connectivity index (χ1n) is 6.13. The summed E-state index contributed by atoms with van der Waals surface area (Å²) >= 11 is 0. The lowest BCUT2D eigenvalue weighted by atomic mass is 10.3. The van der Waals surface area contributed by atoms with Crippen LogP contribution in [0.5, 0.6) is 0 Å². The second-order valence-corrected chi connectivity index (χ2v) is 5.21. The molecule has 0 aromatic heterocycles. The summed E-state index contributed by atoms with van der Waals surface area (Å²) in [5.74, 6) is -1.63. The van der Waals surface area contributed by atoms with Crippen molar-refractivity contribution in [3.8, 4) is 0 Å². The summed E-state index contributed by atoms with van der Waals surface area (Å²) < 4.78 is 14.0. The first-order valence-corrected chi connectivity index (χ1v) is 7.66. The fourth-order valence-corrected chi connectivity index (χ4v) is 1.23. The van der Waals surface area contributed by atoms with Gasteiger partial charge in [-0.25, -0.2) is 9.36 Å². The van der Waals surface area contributed by atoms with E-state index in [1.54, 1.807) is 0 Å². The van der Waals surface area contributed by atoms with Gasteiger partial charge < -0.3 is 14.9 Å². The van der Waals surface area contributed by atoms with Gasteiger partial charge in [-0.15, -0.1) is 0 Å². The molecule has 10 heteroatoms. The Bertz CT molecular complexity index is 534. The molecule has 0 radical (unpaired) electrons. The van der Waals surface area contributed by atoms with Crippen LogP contribution in [0, 0.1) is 0 Å². The number of rotatable bonds is 8. The zero-order chi connectivity index (χ0) is 18.6. The Morgan fingerprint density at radius 2 is 1.74 bits per heavy atom. The van der Waals surface area contributed by atoms with E-state index in [9.17, 15) is 18.9 Å². The van der Waals surface area contributed by atoms with E-state index in [4.69, 9.17) is 14.9 Å². The van der Waals surface area contributed by atoms with Crippen LogP contribution in [-0.2, 0) is 23.5 Å². The van der Waals surface area contributed by atoms with Crippen LogP contribution in [0.4, 0.5) is 0 Å². The molecule has 0 spiro atoms. The molecule has 1 amide bonds. The van der Waals surface area contributed by atoms with Crippen molar-refractivity contribution in [3.05, 3.63) is 37.2 Å². The maximum atomic E-state index is 10.8. The number of ketones is 1. The number of allylic oxidation sites excluding steroid dienone is 1. The Morgan fingerprint density at radius 3 is 2.04 bits per heavy atom. The van der Waals surface area contributed by atoms with Crippen molar-refractivity contribution >= 4 is 25.5 Å². The van der Waals surface area contributed by atoms with Gasteiger partial charge in [0.05, 0.1) is 12.2 Å². The zero-order valence-electron chi connectivity index (χ0n) is 12.8. The van der Waals surface area contributed by atoms with Gasteiger partial charge in [0, 0.05) is 25.7 Å². The Kier molecular flexibility index (Phi) is 11.6. The maximum Gasteiger partial charge on any atom is 0.469 e. The molecule has 0 aliphatic carbocycles. The quantitative estimate of drug-likeness (QED) is 0.438. The lowest BCUT2D eigenvalue weighted by Crippen LogP contribution is -2.17. The topological polar surface area (TPSA) is 141 Å².